The van der Waals surface area contributed by atoms with Crippen LogP contribution < -0.4 is 0 Å². The molecule has 0 aliphatic carbocycles. The molecule has 8 heteroatoms. The van der Waals surface area contributed by atoms with E-state index in [1.807, 2.05) is 6.07 Å². The first-order chi connectivity index (χ1) is 10.6. The van der Waals surface area contributed by atoms with Gasteiger partial charge >= 0.3 is 0 Å². The number of benzene rings is 1. The van der Waals surface area contributed by atoms with Gasteiger partial charge in [-0.25, -0.2) is 0 Å². The highest BCUT2D eigenvalue weighted by molar-refractivity contribution is 6.42. The molecular formula is C14H12Cl3N3O2. The lowest BCUT2D eigenvalue weighted by Crippen LogP contribution is -2.42. The minimum atomic E-state index is -0.255. The molecule has 1 saturated heterocycles. The maximum absolute atomic E-state index is 12.4. The van der Waals surface area contributed by atoms with Gasteiger partial charge in [0.15, 0.2) is 0 Å². The Balaban J connectivity index is 1.78. The van der Waals surface area contributed by atoms with Crippen LogP contribution in [-0.4, -0.2) is 40.7 Å². The number of nitrogens with one attached hydrogen (secondary N) is 1. The zero-order valence-electron chi connectivity index (χ0n) is 11.4. The number of hydrogen-bond acceptors (Lipinski definition) is 3. The highest BCUT2D eigenvalue weighted by Gasteiger charge is 2.28. The van der Waals surface area contributed by atoms with Crippen LogP contribution in [0.2, 0.25) is 15.1 Å². The van der Waals surface area contributed by atoms with E-state index in [1.165, 1.54) is 6.20 Å². The number of carbonyl (C=O) groups excluding carboxylic acids is 1. The zero-order valence-corrected chi connectivity index (χ0v) is 13.6. The maximum atomic E-state index is 12.4. The molecule has 0 spiro atoms. The number of morpholine rings is 1. The van der Waals surface area contributed by atoms with Gasteiger partial charge in [-0.15, -0.1) is 0 Å². The quantitative estimate of drug-likeness (QED) is 0.890. The van der Waals surface area contributed by atoms with Crippen LogP contribution in [0.4, 0.5) is 0 Å². The third-order valence-corrected chi connectivity index (χ3v) is 4.50. The molecule has 1 amide bonds. The van der Waals surface area contributed by atoms with E-state index in [4.69, 9.17) is 39.5 Å². The molecule has 1 atom stereocenters. The van der Waals surface area contributed by atoms with E-state index in [0.29, 0.717) is 34.8 Å². The Hall–Kier alpha value is -1.27. The molecule has 22 heavy (non-hydrogen) atoms. The second kappa shape index (κ2) is 6.46. The first-order valence-corrected chi connectivity index (χ1v) is 7.74. The highest BCUT2D eigenvalue weighted by atomic mass is 35.5. The summed E-state index contributed by atoms with van der Waals surface area (Å²) in [5.74, 6) is -0.198. The molecule has 1 aliphatic heterocycles. The van der Waals surface area contributed by atoms with Crippen molar-refractivity contribution in [3.8, 4) is 0 Å². The summed E-state index contributed by atoms with van der Waals surface area (Å²) < 4.78 is 5.73. The molecule has 5 nitrogen and oxygen atoms in total. The Labute approximate surface area is 142 Å². The molecule has 3 rings (SSSR count). The topological polar surface area (TPSA) is 58.2 Å². The van der Waals surface area contributed by atoms with E-state index in [-0.39, 0.29) is 17.7 Å². The Morgan fingerprint density at radius 3 is 2.77 bits per heavy atom. The summed E-state index contributed by atoms with van der Waals surface area (Å²) in [6.07, 6.45) is 1.15. The van der Waals surface area contributed by atoms with E-state index >= 15 is 0 Å². The number of nitrogens with zero attached hydrogens (tertiary/aromatic N) is 2. The molecule has 2 aromatic rings. The summed E-state index contributed by atoms with van der Waals surface area (Å²) in [4.78, 5) is 14.1. The van der Waals surface area contributed by atoms with Gasteiger partial charge in [0.25, 0.3) is 5.91 Å². The van der Waals surface area contributed by atoms with E-state index in [0.717, 1.165) is 5.56 Å². The Morgan fingerprint density at radius 1 is 1.27 bits per heavy atom. The second-order valence-corrected chi connectivity index (χ2v) is 6.10. The Kier molecular flexibility index (Phi) is 4.59. The molecular weight excluding hydrogens is 349 g/mol. The van der Waals surface area contributed by atoms with Crippen molar-refractivity contribution < 1.29 is 9.53 Å². The number of H-pyrrole nitrogens is 1. The SMILES string of the molecule is O=C(c1[nH]ncc1Cl)N1CCOC(c2ccc(Cl)c(Cl)c2)C1. The van der Waals surface area contributed by atoms with Gasteiger partial charge in [0.05, 0.1) is 34.4 Å². The first-order valence-electron chi connectivity index (χ1n) is 6.61. The van der Waals surface area contributed by atoms with Crippen LogP contribution in [0.25, 0.3) is 0 Å². The van der Waals surface area contributed by atoms with Gasteiger partial charge in [-0.1, -0.05) is 40.9 Å². The molecule has 1 aliphatic rings. The fraction of sp³-hybridized carbons (Fsp3) is 0.286. The summed E-state index contributed by atoms with van der Waals surface area (Å²) in [5, 5.41) is 7.64. The van der Waals surface area contributed by atoms with Crippen molar-refractivity contribution in [3.63, 3.8) is 0 Å². The van der Waals surface area contributed by atoms with Gasteiger partial charge in [0.2, 0.25) is 0 Å². The van der Waals surface area contributed by atoms with Crippen molar-refractivity contribution >= 4 is 40.7 Å². The summed E-state index contributed by atoms with van der Waals surface area (Å²) in [7, 11) is 0. The van der Waals surface area contributed by atoms with Crippen molar-refractivity contribution in [2.24, 2.45) is 0 Å². The monoisotopic (exact) mass is 359 g/mol. The van der Waals surface area contributed by atoms with Crippen LogP contribution in [0.15, 0.2) is 24.4 Å². The molecule has 1 N–H and O–H groups in total. The number of carbonyl (C=O) groups is 1. The smallest absolute Gasteiger partial charge is 0.273 e. The predicted octanol–water partition coefficient (Wildman–Crippen LogP) is 3.58. The number of amides is 1. The molecule has 0 saturated carbocycles. The van der Waals surface area contributed by atoms with E-state index < -0.39 is 0 Å². The normalized spacial score (nSPS) is 18.5. The van der Waals surface area contributed by atoms with Crippen molar-refractivity contribution in [2.45, 2.75) is 6.10 Å². The summed E-state index contributed by atoms with van der Waals surface area (Å²) >= 11 is 17.9. The highest BCUT2D eigenvalue weighted by Crippen LogP contribution is 2.29. The van der Waals surface area contributed by atoms with Gasteiger partial charge < -0.3 is 9.64 Å². The molecule has 1 fully saturated rings. The first kappa shape index (κ1) is 15.6. The maximum Gasteiger partial charge on any atom is 0.273 e. The summed E-state index contributed by atoms with van der Waals surface area (Å²) in [6, 6.07) is 5.32. The van der Waals surface area contributed by atoms with Crippen LogP contribution in [0.5, 0.6) is 0 Å². The van der Waals surface area contributed by atoms with Crippen molar-refractivity contribution in [1.29, 1.82) is 0 Å². The number of hydrogen-bond donors (Lipinski definition) is 1. The summed E-state index contributed by atoms with van der Waals surface area (Å²) in [5.41, 5.74) is 1.17. The predicted molar refractivity (Wildman–Crippen MR) is 84.7 cm³/mol. The largest absolute Gasteiger partial charge is 0.370 e. The molecule has 1 unspecified atom stereocenters. The summed E-state index contributed by atoms with van der Waals surface area (Å²) in [6.45, 7) is 1.33. The minimum absolute atomic E-state index is 0.198. The Bertz CT molecular complexity index is 704. The number of rotatable bonds is 2. The second-order valence-electron chi connectivity index (χ2n) is 4.88. The van der Waals surface area contributed by atoms with E-state index in [2.05, 4.69) is 10.2 Å². The van der Waals surface area contributed by atoms with Gasteiger partial charge in [-0.05, 0) is 17.7 Å². The molecule has 0 radical (unpaired) electrons. The lowest BCUT2D eigenvalue weighted by molar-refractivity contribution is -0.0230. The van der Waals surface area contributed by atoms with E-state index in [9.17, 15) is 4.79 Å². The Morgan fingerprint density at radius 2 is 2.09 bits per heavy atom. The number of halogens is 3. The fourth-order valence-corrected chi connectivity index (χ4v) is 2.81. The average molecular weight is 361 g/mol. The molecule has 0 bridgehead atoms. The van der Waals surface area contributed by atoms with Crippen LogP contribution >= 0.6 is 34.8 Å². The molecule has 1 aromatic carbocycles. The lowest BCUT2D eigenvalue weighted by atomic mass is 10.1. The van der Waals surface area contributed by atoms with Crippen LogP contribution in [0, 0.1) is 0 Å². The van der Waals surface area contributed by atoms with E-state index in [1.54, 1.807) is 17.0 Å². The third-order valence-electron chi connectivity index (χ3n) is 3.48. The standard InChI is InChI=1S/C14H12Cl3N3O2/c15-9-2-1-8(5-10(9)16)12-7-20(3-4-22-12)14(21)13-11(17)6-18-19-13/h1-2,5-6,12H,3-4,7H2,(H,18,19). The zero-order chi connectivity index (χ0) is 15.7. The average Bonchev–Trinajstić information content (AvgIpc) is 2.95. The van der Waals surface area contributed by atoms with Crippen LogP contribution in [0.3, 0.4) is 0 Å². The van der Waals surface area contributed by atoms with Crippen LogP contribution in [0.1, 0.15) is 22.2 Å². The van der Waals surface area contributed by atoms with Gasteiger partial charge in [-0.3, -0.25) is 9.89 Å². The number of aromatic amines is 1. The van der Waals surface area contributed by atoms with Gasteiger partial charge in [0, 0.05) is 6.54 Å². The van der Waals surface area contributed by atoms with Crippen LogP contribution in [-0.2, 0) is 4.74 Å². The fourth-order valence-electron chi connectivity index (χ4n) is 2.33. The van der Waals surface area contributed by atoms with Crippen molar-refractivity contribution in [2.75, 3.05) is 19.7 Å². The number of aromatic nitrogens is 2. The van der Waals surface area contributed by atoms with Gasteiger partial charge in [-0.2, -0.15) is 5.10 Å². The van der Waals surface area contributed by atoms with Crippen molar-refractivity contribution in [1.82, 2.24) is 15.1 Å². The minimum Gasteiger partial charge on any atom is -0.370 e. The molecule has 116 valence electrons. The lowest BCUT2D eigenvalue weighted by Gasteiger charge is -2.33. The molecule has 2 heterocycles. The molecule has 1 aromatic heterocycles. The number of ether oxygens (including phenoxy) is 1. The van der Waals surface area contributed by atoms with Crippen molar-refractivity contribution in [3.05, 3.63) is 50.7 Å². The third kappa shape index (κ3) is 3.08. The van der Waals surface area contributed by atoms with Gasteiger partial charge in [0.1, 0.15) is 11.8 Å².